The molecule has 0 heterocycles. The van der Waals surface area contributed by atoms with Gasteiger partial charge in [0.25, 0.3) is 0 Å². The van der Waals surface area contributed by atoms with E-state index in [9.17, 15) is 9.59 Å². The second-order valence-corrected chi connectivity index (χ2v) is 4.98. The summed E-state index contributed by atoms with van der Waals surface area (Å²) in [6.07, 6.45) is 2.93. The summed E-state index contributed by atoms with van der Waals surface area (Å²) in [6, 6.07) is 6.80. The molecule has 4 heteroatoms. The lowest BCUT2D eigenvalue weighted by atomic mass is 10.1. The predicted octanol–water partition coefficient (Wildman–Crippen LogP) is 2.83. The minimum Gasteiger partial charge on any atom is -0.465 e. The number of rotatable bonds is 3. The molecule has 19 heavy (non-hydrogen) atoms. The third-order valence-corrected chi connectivity index (χ3v) is 2.13. The quantitative estimate of drug-likeness (QED) is 0.621. The fourth-order valence-electron chi connectivity index (χ4n) is 1.39. The predicted molar refractivity (Wildman–Crippen MR) is 72.7 cm³/mol. The molecular formula is C15H18O4. The lowest BCUT2D eigenvalue weighted by Gasteiger charge is -2.17. The maximum atomic E-state index is 11.5. The monoisotopic (exact) mass is 262 g/mol. The van der Waals surface area contributed by atoms with Gasteiger partial charge in [0.15, 0.2) is 0 Å². The first-order valence-corrected chi connectivity index (χ1v) is 5.91. The molecule has 0 spiro atoms. The van der Waals surface area contributed by atoms with Crippen LogP contribution in [0.5, 0.6) is 0 Å². The highest BCUT2D eigenvalue weighted by Crippen LogP contribution is 2.10. The third-order valence-electron chi connectivity index (χ3n) is 2.13. The fourth-order valence-corrected chi connectivity index (χ4v) is 1.39. The Balaban J connectivity index is 2.77. The summed E-state index contributed by atoms with van der Waals surface area (Å²) in [5.41, 5.74) is 0.651. The molecule has 0 atom stereocenters. The van der Waals surface area contributed by atoms with Crippen molar-refractivity contribution in [2.24, 2.45) is 0 Å². The van der Waals surface area contributed by atoms with Crippen molar-refractivity contribution >= 4 is 18.0 Å². The molecule has 0 amide bonds. The largest absolute Gasteiger partial charge is 0.465 e. The van der Waals surface area contributed by atoms with E-state index in [4.69, 9.17) is 4.74 Å². The van der Waals surface area contributed by atoms with E-state index in [1.165, 1.54) is 13.2 Å². The van der Waals surface area contributed by atoms with E-state index in [0.29, 0.717) is 5.56 Å². The van der Waals surface area contributed by atoms with Crippen LogP contribution < -0.4 is 0 Å². The van der Waals surface area contributed by atoms with Gasteiger partial charge in [0.05, 0.1) is 12.7 Å². The van der Waals surface area contributed by atoms with Crippen molar-refractivity contribution < 1.29 is 19.1 Å². The van der Waals surface area contributed by atoms with Gasteiger partial charge in [0.2, 0.25) is 0 Å². The van der Waals surface area contributed by atoms with Gasteiger partial charge in [-0.15, -0.1) is 0 Å². The van der Waals surface area contributed by atoms with Crippen molar-refractivity contribution in [3.8, 4) is 0 Å². The lowest BCUT2D eigenvalue weighted by molar-refractivity contribution is -0.148. The molecule has 0 bridgehead atoms. The van der Waals surface area contributed by atoms with Gasteiger partial charge in [-0.05, 0) is 44.5 Å². The molecule has 4 nitrogen and oxygen atoms in total. The molecule has 102 valence electrons. The van der Waals surface area contributed by atoms with E-state index in [-0.39, 0.29) is 0 Å². The number of carbonyl (C=O) groups excluding carboxylic acids is 2. The van der Waals surface area contributed by atoms with Crippen LogP contribution in [0.25, 0.3) is 6.08 Å². The number of esters is 2. The zero-order chi connectivity index (χ0) is 14.5. The minimum absolute atomic E-state index is 0.410. The summed E-state index contributed by atoms with van der Waals surface area (Å²) in [4.78, 5) is 22.9. The van der Waals surface area contributed by atoms with Crippen LogP contribution in [-0.2, 0) is 14.3 Å². The Kier molecular flexibility index (Phi) is 4.87. The first-order chi connectivity index (χ1) is 8.81. The second-order valence-electron chi connectivity index (χ2n) is 4.98. The Morgan fingerprint density at radius 2 is 1.89 bits per heavy atom. The van der Waals surface area contributed by atoms with Crippen molar-refractivity contribution in [1.82, 2.24) is 0 Å². The molecule has 0 aliphatic rings. The molecular weight excluding hydrogens is 244 g/mol. The number of ether oxygens (including phenoxy) is 2. The van der Waals surface area contributed by atoms with Gasteiger partial charge in [-0.25, -0.2) is 9.59 Å². The van der Waals surface area contributed by atoms with Crippen molar-refractivity contribution in [1.29, 1.82) is 0 Å². The summed E-state index contributed by atoms with van der Waals surface area (Å²) in [7, 11) is 1.32. The zero-order valence-corrected chi connectivity index (χ0v) is 11.6. The average Bonchev–Trinajstić information content (AvgIpc) is 2.34. The normalized spacial score (nSPS) is 11.4. The van der Waals surface area contributed by atoms with Crippen LogP contribution in [0.4, 0.5) is 0 Å². The number of hydrogen-bond donors (Lipinski definition) is 0. The van der Waals surface area contributed by atoms with Crippen molar-refractivity contribution in [2.75, 3.05) is 7.11 Å². The van der Waals surface area contributed by atoms with Crippen LogP contribution in [0, 0.1) is 0 Å². The zero-order valence-electron chi connectivity index (χ0n) is 11.6. The lowest BCUT2D eigenvalue weighted by Crippen LogP contribution is -2.22. The first kappa shape index (κ1) is 15.0. The average molecular weight is 262 g/mol. The number of benzene rings is 1. The molecule has 0 fully saturated rings. The molecule has 0 aliphatic carbocycles. The summed E-state index contributed by atoms with van der Waals surface area (Å²) in [5.74, 6) is -0.830. The summed E-state index contributed by atoms with van der Waals surface area (Å²) >= 11 is 0. The van der Waals surface area contributed by atoms with Crippen LogP contribution in [0.1, 0.15) is 36.7 Å². The van der Waals surface area contributed by atoms with Crippen LogP contribution in [-0.4, -0.2) is 24.6 Å². The first-order valence-electron chi connectivity index (χ1n) is 5.91. The molecule has 0 saturated carbocycles. The Bertz CT molecular complexity index is 495. The van der Waals surface area contributed by atoms with Gasteiger partial charge in [-0.1, -0.05) is 12.1 Å². The van der Waals surface area contributed by atoms with Gasteiger partial charge < -0.3 is 9.47 Å². The van der Waals surface area contributed by atoms with Crippen molar-refractivity contribution in [3.05, 3.63) is 41.5 Å². The molecule has 1 aromatic carbocycles. The van der Waals surface area contributed by atoms with Gasteiger partial charge in [0, 0.05) is 6.08 Å². The van der Waals surface area contributed by atoms with E-state index in [0.717, 1.165) is 5.56 Å². The summed E-state index contributed by atoms with van der Waals surface area (Å²) in [5, 5.41) is 0. The third kappa shape index (κ3) is 5.38. The number of methoxy groups -OCH3 is 1. The maximum Gasteiger partial charge on any atom is 0.337 e. The van der Waals surface area contributed by atoms with Crippen molar-refractivity contribution in [2.45, 2.75) is 26.4 Å². The molecule has 0 saturated heterocycles. The Hall–Kier alpha value is -2.10. The number of hydrogen-bond acceptors (Lipinski definition) is 4. The topological polar surface area (TPSA) is 52.6 Å². The standard InChI is InChI=1S/C15H18O4/c1-15(2,3)19-13(16)9-8-11-6-5-7-12(10-11)14(17)18-4/h5-10H,1-4H3/b9-8+. The molecule has 0 unspecified atom stereocenters. The van der Waals surface area contributed by atoms with Crippen LogP contribution >= 0.6 is 0 Å². The maximum absolute atomic E-state index is 11.5. The molecule has 0 N–H and O–H groups in total. The van der Waals surface area contributed by atoms with E-state index >= 15 is 0 Å². The number of carbonyl (C=O) groups is 2. The highest BCUT2D eigenvalue weighted by atomic mass is 16.6. The van der Waals surface area contributed by atoms with Gasteiger partial charge in [0.1, 0.15) is 5.60 Å². The van der Waals surface area contributed by atoms with E-state index in [1.807, 2.05) is 0 Å². The summed E-state index contributed by atoms with van der Waals surface area (Å²) < 4.78 is 9.77. The molecule has 0 radical (unpaired) electrons. The minimum atomic E-state index is -0.519. The van der Waals surface area contributed by atoms with Crippen LogP contribution in [0.15, 0.2) is 30.3 Å². The smallest absolute Gasteiger partial charge is 0.337 e. The SMILES string of the molecule is COC(=O)c1cccc(/C=C/C(=O)OC(C)(C)C)c1. The fraction of sp³-hybridized carbons (Fsp3) is 0.333. The molecule has 1 rings (SSSR count). The summed E-state index contributed by atoms with van der Waals surface area (Å²) in [6.45, 7) is 5.41. The highest BCUT2D eigenvalue weighted by Gasteiger charge is 2.13. The second kappa shape index (κ2) is 6.18. The van der Waals surface area contributed by atoms with Crippen LogP contribution in [0.2, 0.25) is 0 Å². The highest BCUT2D eigenvalue weighted by molar-refractivity contribution is 5.91. The van der Waals surface area contributed by atoms with E-state index < -0.39 is 17.5 Å². The molecule has 0 aromatic heterocycles. The Labute approximate surface area is 113 Å². The van der Waals surface area contributed by atoms with Gasteiger partial charge in [-0.3, -0.25) is 0 Å². The molecule has 1 aromatic rings. The van der Waals surface area contributed by atoms with Crippen molar-refractivity contribution in [3.63, 3.8) is 0 Å². The Morgan fingerprint density at radius 1 is 1.21 bits per heavy atom. The van der Waals surface area contributed by atoms with Crippen LogP contribution in [0.3, 0.4) is 0 Å². The molecule has 0 aliphatic heterocycles. The van der Waals surface area contributed by atoms with Gasteiger partial charge in [-0.2, -0.15) is 0 Å². The van der Waals surface area contributed by atoms with Gasteiger partial charge >= 0.3 is 11.9 Å². The van der Waals surface area contributed by atoms with E-state index in [1.54, 1.807) is 51.1 Å². The van der Waals surface area contributed by atoms with E-state index in [2.05, 4.69) is 4.74 Å². The Morgan fingerprint density at radius 3 is 2.47 bits per heavy atom.